The molecule has 0 radical (unpaired) electrons. The van der Waals surface area contributed by atoms with Crippen LogP contribution in [0.2, 0.25) is 0 Å². The quantitative estimate of drug-likeness (QED) is 0.373. The third-order valence-electron chi connectivity index (χ3n) is 8.14. The average Bonchev–Trinajstić information content (AvgIpc) is 3.36. The number of hydrogen-bond acceptors (Lipinski definition) is 6. The van der Waals surface area contributed by atoms with E-state index in [4.69, 9.17) is 20.9 Å². The molecule has 200 valence electrons. The van der Waals surface area contributed by atoms with Gasteiger partial charge in [-0.25, -0.2) is 4.79 Å². The number of carbonyl (C=O) groups is 1. The lowest BCUT2D eigenvalue weighted by Crippen LogP contribution is -2.63. The monoisotopic (exact) mass is 517 g/mol. The van der Waals surface area contributed by atoms with Crippen LogP contribution >= 0.6 is 11.3 Å². The van der Waals surface area contributed by atoms with Crippen molar-refractivity contribution < 1.29 is 19.4 Å². The van der Waals surface area contributed by atoms with Crippen molar-refractivity contribution in [3.8, 4) is 0 Å². The second kappa shape index (κ2) is 12.7. The maximum Gasteiger partial charge on any atom is 0.315 e. The van der Waals surface area contributed by atoms with Crippen LogP contribution in [0.15, 0.2) is 29.6 Å². The lowest BCUT2D eigenvalue weighted by atomic mass is 9.76. The highest BCUT2D eigenvalue weighted by Gasteiger charge is 2.49. The van der Waals surface area contributed by atoms with Gasteiger partial charge in [0, 0.05) is 36.6 Å². The van der Waals surface area contributed by atoms with Gasteiger partial charge in [0.25, 0.3) is 0 Å². The predicted molar refractivity (Wildman–Crippen MR) is 145 cm³/mol. The Balaban J connectivity index is 1.66. The van der Waals surface area contributed by atoms with Gasteiger partial charge >= 0.3 is 6.03 Å². The van der Waals surface area contributed by atoms with E-state index in [9.17, 15) is 9.90 Å². The number of thiophene rings is 1. The zero-order valence-electron chi connectivity index (χ0n) is 21.6. The fraction of sp³-hybridized carbons (Fsp3) is 0.679. The van der Waals surface area contributed by atoms with E-state index < -0.39 is 23.8 Å². The zero-order chi connectivity index (χ0) is 25.5. The van der Waals surface area contributed by atoms with Gasteiger partial charge in [-0.2, -0.15) is 0 Å². The number of nitrogens with two attached hydrogens (primary N) is 2. The van der Waals surface area contributed by atoms with Crippen molar-refractivity contribution in [2.24, 2.45) is 17.4 Å². The van der Waals surface area contributed by atoms with Crippen LogP contribution in [0.4, 0.5) is 4.79 Å². The third kappa shape index (κ3) is 6.22. The number of ether oxygens (including phenoxy) is 2. The summed E-state index contributed by atoms with van der Waals surface area (Å²) in [6.45, 7) is 1.38. The Bertz CT molecular complexity index is 979. The van der Waals surface area contributed by atoms with Crippen molar-refractivity contribution in [2.75, 3.05) is 26.9 Å². The normalized spacial score (nSPS) is 24.0. The Kier molecular flexibility index (Phi) is 9.64. The van der Waals surface area contributed by atoms with Crippen LogP contribution in [-0.4, -0.2) is 61.1 Å². The van der Waals surface area contributed by atoms with Crippen molar-refractivity contribution in [1.82, 2.24) is 4.90 Å². The van der Waals surface area contributed by atoms with E-state index in [1.807, 2.05) is 12.1 Å². The molecule has 2 aliphatic rings. The first-order chi connectivity index (χ1) is 17.4. The summed E-state index contributed by atoms with van der Waals surface area (Å²) in [6.07, 6.45) is 9.27. The second-order valence-electron chi connectivity index (χ2n) is 10.6. The van der Waals surface area contributed by atoms with E-state index in [2.05, 4.69) is 17.5 Å². The van der Waals surface area contributed by atoms with Crippen LogP contribution in [0, 0.1) is 5.92 Å². The van der Waals surface area contributed by atoms with Gasteiger partial charge in [-0.05, 0) is 54.9 Å². The summed E-state index contributed by atoms with van der Waals surface area (Å²) in [7, 11) is 1.69. The highest BCUT2D eigenvalue weighted by molar-refractivity contribution is 7.17. The summed E-state index contributed by atoms with van der Waals surface area (Å²) in [5.74, 6) is 0.631. The summed E-state index contributed by atoms with van der Waals surface area (Å²) in [5.41, 5.74) is 12.2. The van der Waals surface area contributed by atoms with Crippen LogP contribution < -0.4 is 11.5 Å². The minimum atomic E-state index is -1.29. The van der Waals surface area contributed by atoms with Crippen LogP contribution in [0.1, 0.15) is 69.8 Å². The molecule has 1 aliphatic carbocycles. The second-order valence-corrected chi connectivity index (χ2v) is 11.6. The number of nitrogens with zero attached hydrogens (tertiary/aromatic N) is 1. The van der Waals surface area contributed by atoms with Gasteiger partial charge in [-0.15, -0.1) is 11.3 Å². The van der Waals surface area contributed by atoms with E-state index >= 15 is 0 Å². The number of urea groups is 1. The first-order valence-electron chi connectivity index (χ1n) is 13.5. The predicted octanol–water partition coefficient (Wildman–Crippen LogP) is 4.74. The number of primary amides is 1. The van der Waals surface area contributed by atoms with Gasteiger partial charge in [0.15, 0.2) is 0 Å². The number of aliphatic hydroxyl groups is 1. The Labute approximate surface area is 219 Å². The maximum absolute atomic E-state index is 12.6. The lowest BCUT2D eigenvalue weighted by molar-refractivity contribution is -0.171. The number of amides is 2. The number of fused-ring (bicyclic) bond motifs is 1. The number of morpholine rings is 1. The number of unbranched alkanes of at least 4 members (excludes halogenated alkanes) is 1. The van der Waals surface area contributed by atoms with Crippen molar-refractivity contribution in [1.29, 1.82) is 0 Å². The van der Waals surface area contributed by atoms with Gasteiger partial charge in [0.2, 0.25) is 0 Å². The fourth-order valence-electron chi connectivity index (χ4n) is 6.36. The average molecular weight is 518 g/mol. The van der Waals surface area contributed by atoms with Crippen LogP contribution in [0.3, 0.4) is 0 Å². The first kappa shape index (κ1) is 27.3. The first-order valence-corrected chi connectivity index (χ1v) is 14.4. The number of benzene rings is 1. The van der Waals surface area contributed by atoms with Crippen LogP contribution in [0.25, 0.3) is 10.1 Å². The van der Waals surface area contributed by atoms with Crippen LogP contribution in [0.5, 0.6) is 0 Å². The van der Waals surface area contributed by atoms with Gasteiger partial charge in [-0.1, -0.05) is 50.3 Å². The lowest BCUT2D eigenvalue weighted by Gasteiger charge is -2.48. The summed E-state index contributed by atoms with van der Waals surface area (Å²) in [4.78, 5) is 14.3. The Hall–Kier alpha value is -1.71. The maximum atomic E-state index is 12.6. The summed E-state index contributed by atoms with van der Waals surface area (Å²) in [6, 6.07) is 7.18. The van der Waals surface area contributed by atoms with Gasteiger partial charge in [-0.3, -0.25) is 0 Å². The molecule has 1 saturated heterocycles. The van der Waals surface area contributed by atoms with E-state index in [1.165, 1.54) is 32.1 Å². The number of hydrogen-bond donors (Lipinski definition) is 3. The molecule has 7 nitrogen and oxygen atoms in total. The molecule has 2 unspecified atom stereocenters. The minimum Gasteiger partial charge on any atom is -0.385 e. The fourth-order valence-corrected chi connectivity index (χ4v) is 7.36. The third-order valence-corrected chi connectivity index (χ3v) is 9.10. The van der Waals surface area contributed by atoms with E-state index in [0.29, 0.717) is 38.5 Å². The van der Waals surface area contributed by atoms with Gasteiger partial charge < -0.3 is 30.9 Å². The smallest absolute Gasteiger partial charge is 0.315 e. The largest absolute Gasteiger partial charge is 0.385 e. The van der Waals surface area contributed by atoms with Gasteiger partial charge in [0.05, 0.1) is 12.6 Å². The Morgan fingerprint density at radius 2 is 2.06 bits per heavy atom. The van der Waals surface area contributed by atoms with E-state index in [0.717, 1.165) is 34.9 Å². The molecule has 4 rings (SSSR count). The SMILES string of the molecule is COCCCC[C@@](O)(c1cccc2ccsc12)C1OCCN(C(N)=O)C1C[C@@H](N)CC1CCCCC1. The van der Waals surface area contributed by atoms with Crippen molar-refractivity contribution in [2.45, 2.75) is 88.0 Å². The Morgan fingerprint density at radius 1 is 1.25 bits per heavy atom. The molecule has 2 heterocycles. The van der Waals surface area contributed by atoms with Crippen molar-refractivity contribution in [3.63, 3.8) is 0 Å². The molecule has 2 aromatic rings. The molecule has 2 fully saturated rings. The minimum absolute atomic E-state index is 0.0839. The standard InChI is InChI=1S/C28H43N3O4S/c1-34-15-6-5-13-28(33,23-11-7-10-21-12-17-36-25(21)23)26-24(31(27(30)32)14-16-35-26)19-22(29)18-20-8-3-2-4-9-20/h7,10-12,17,20,22,24,26,33H,2-6,8-9,13-16,18-19,29H2,1H3,(H2,30,32)/t22-,24?,26?,28+/m0/s1. The summed E-state index contributed by atoms with van der Waals surface area (Å²) in [5, 5.41) is 15.7. The van der Waals surface area contributed by atoms with E-state index in [1.54, 1.807) is 23.3 Å². The molecule has 1 saturated carbocycles. The molecular formula is C28H43N3O4S. The summed E-state index contributed by atoms with van der Waals surface area (Å²) >= 11 is 1.62. The molecule has 1 aliphatic heterocycles. The number of carbonyl (C=O) groups excluding carboxylic acids is 1. The molecule has 5 N–H and O–H groups in total. The van der Waals surface area contributed by atoms with Crippen molar-refractivity contribution in [3.05, 3.63) is 35.2 Å². The van der Waals surface area contributed by atoms with Crippen LogP contribution in [-0.2, 0) is 15.1 Å². The molecule has 8 heteroatoms. The topological polar surface area (TPSA) is 111 Å². The highest BCUT2D eigenvalue weighted by Crippen LogP contribution is 2.43. The number of rotatable bonds is 11. The molecule has 1 aromatic carbocycles. The molecular weight excluding hydrogens is 474 g/mol. The molecule has 1 aromatic heterocycles. The molecule has 36 heavy (non-hydrogen) atoms. The number of methoxy groups -OCH3 is 1. The van der Waals surface area contributed by atoms with Crippen molar-refractivity contribution >= 4 is 27.5 Å². The van der Waals surface area contributed by atoms with E-state index in [-0.39, 0.29) is 6.04 Å². The summed E-state index contributed by atoms with van der Waals surface area (Å²) < 4.78 is 12.7. The molecule has 0 bridgehead atoms. The van der Waals surface area contributed by atoms with Gasteiger partial charge in [0.1, 0.15) is 11.7 Å². The zero-order valence-corrected chi connectivity index (χ0v) is 22.4. The molecule has 0 spiro atoms. The molecule has 4 atom stereocenters. The Morgan fingerprint density at radius 3 is 2.81 bits per heavy atom. The molecule has 2 amide bonds. The highest BCUT2D eigenvalue weighted by atomic mass is 32.1.